The van der Waals surface area contributed by atoms with Crippen LogP contribution in [0.25, 0.3) is 11.1 Å². The number of carbonyl (C=O) groups is 1. The summed E-state index contributed by atoms with van der Waals surface area (Å²) in [6.07, 6.45) is 0. The molecule has 0 aromatic heterocycles. The molecule has 1 aliphatic rings. The second-order valence-electron chi connectivity index (χ2n) is 8.89. The van der Waals surface area contributed by atoms with Crippen molar-refractivity contribution in [2.45, 2.75) is 12.5 Å². The van der Waals surface area contributed by atoms with Gasteiger partial charge in [0, 0.05) is 31.9 Å². The van der Waals surface area contributed by atoms with Crippen molar-refractivity contribution < 1.29 is 4.79 Å². The van der Waals surface area contributed by atoms with Crippen LogP contribution in [-0.4, -0.2) is 36.9 Å². The van der Waals surface area contributed by atoms with Gasteiger partial charge in [-0.05, 0) is 41.3 Å². The van der Waals surface area contributed by atoms with E-state index in [9.17, 15) is 4.79 Å². The lowest BCUT2D eigenvalue weighted by Gasteiger charge is -2.47. The van der Waals surface area contributed by atoms with Crippen LogP contribution in [0.3, 0.4) is 0 Å². The van der Waals surface area contributed by atoms with E-state index in [-0.39, 0.29) is 5.78 Å². The van der Waals surface area contributed by atoms with Crippen LogP contribution in [-0.2, 0) is 10.3 Å². The van der Waals surface area contributed by atoms with E-state index in [1.54, 1.807) is 6.92 Å². The largest absolute Gasteiger partial charge is 0.369 e. The van der Waals surface area contributed by atoms with Crippen molar-refractivity contribution in [2.75, 3.05) is 31.1 Å². The first-order valence-corrected chi connectivity index (χ1v) is 12.0. The van der Waals surface area contributed by atoms with E-state index in [1.807, 2.05) is 42.5 Å². The topological polar surface area (TPSA) is 23.6 Å². The van der Waals surface area contributed by atoms with E-state index in [0.29, 0.717) is 0 Å². The number of hydrogen-bond acceptors (Lipinski definition) is 3. The number of Topliss-reactive ketones (excluding diaryl/α,β-unsaturated/α-hetero) is 1. The van der Waals surface area contributed by atoms with E-state index in [2.05, 4.69) is 82.6 Å². The second kappa shape index (κ2) is 9.66. The Bertz CT molecular complexity index is 1170. The smallest absolute Gasteiger partial charge is 0.159 e. The van der Waals surface area contributed by atoms with Crippen molar-refractivity contribution in [3.63, 3.8) is 0 Å². The summed E-state index contributed by atoms with van der Waals surface area (Å²) in [5.74, 6) is 0.158. The molecule has 0 amide bonds. The van der Waals surface area contributed by atoms with Crippen LogP contribution in [0, 0.1) is 0 Å². The van der Waals surface area contributed by atoms with Crippen molar-refractivity contribution >= 4 is 11.5 Å². The quantitative estimate of drug-likeness (QED) is 0.362. The lowest BCUT2D eigenvalue weighted by molar-refractivity contribution is -0.127. The third kappa shape index (κ3) is 4.04. The Kier molecular flexibility index (Phi) is 6.29. The Morgan fingerprint density at radius 1 is 0.588 bits per heavy atom. The number of hydrogen-bond donors (Lipinski definition) is 0. The van der Waals surface area contributed by atoms with E-state index < -0.39 is 5.54 Å². The van der Waals surface area contributed by atoms with Crippen LogP contribution in [0.1, 0.15) is 18.1 Å². The van der Waals surface area contributed by atoms with E-state index >= 15 is 0 Å². The molecule has 0 unspecified atom stereocenters. The molecule has 4 aromatic carbocycles. The molecule has 34 heavy (non-hydrogen) atoms. The molecule has 1 heterocycles. The Balaban J connectivity index is 1.41. The van der Waals surface area contributed by atoms with Crippen molar-refractivity contribution in [3.05, 3.63) is 126 Å². The zero-order valence-electron chi connectivity index (χ0n) is 19.6. The van der Waals surface area contributed by atoms with Gasteiger partial charge in [0.05, 0.1) is 0 Å². The second-order valence-corrected chi connectivity index (χ2v) is 8.89. The molecule has 3 nitrogen and oxygen atoms in total. The van der Waals surface area contributed by atoms with Gasteiger partial charge in [0.25, 0.3) is 0 Å². The summed E-state index contributed by atoms with van der Waals surface area (Å²) in [4.78, 5) is 18.2. The van der Waals surface area contributed by atoms with Crippen LogP contribution < -0.4 is 4.90 Å². The minimum Gasteiger partial charge on any atom is -0.369 e. The van der Waals surface area contributed by atoms with Crippen LogP contribution in [0.2, 0.25) is 0 Å². The standard InChI is InChI=1S/C31H30N2O/c1-25(34)31(28-13-7-3-8-14-28,29-15-9-4-10-16-29)33-23-21-32(22-24-33)30-19-17-27(18-20-30)26-11-5-2-6-12-26/h2-20H,21-24H2,1H3. The molecule has 0 radical (unpaired) electrons. The highest BCUT2D eigenvalue weighted by Crippen LogP contribution is 2.38. The fraction of sp³-hybridized carbons (Fsp3) is 0.194. The first-order valence-electron chi connectivity index (χ1n) is 12.0. The fourth-order valence-electron chi connectivity index (χ4n) is 5.32. The lowest BCUT2D eigenvalue weighted by atomic mass is 9.77. The van der Waals surface area contributed by atoms with E-state index in [0.717, 1.165) is 37.3 Å². The first-order chi connectivity index (χ1) is 16.7. The molecule has 4 aromatic rings. The van der Waals surface area contributed by atoms with Gasteiger partial charge in [0.2, 0.25) is 0 Å². The summed E-state index contributed by atoms with van der Waals surface area (Å²) >= 11 is 0. The highest BCUT2D eigenvalue weighted by atomic mass is 16.1. The average molecular weight is 447 g/mol. The Labute approximate surface area is 202 Å². The molecule has 1 aliphatic heterocycles. The zero-order valence-corrected chi connectivity index (χ0v) is 19.6. The number of rotatable bonds is 6. The van der Waals surface area contributed by atoms with Crippen molar-refractivity contribution in [1.82, 2.24) is 4.90 Å². The van der Waals surface area contributed by atoms with Crippen molar-refractivity contribution in [3.8, 4) is 11.1 Å². The Morgan fingerprint density at radius 3 is 1.50 bits per heavy atom. The molecule has 0 atom stereocenters. The minimum atomic E-state index is -0.772. The average Bonchev–Trinajstić information content (AvgIpc) is 2.91. The maximum absolute atomic E-state index is 13.4. The van der Waals surface area contributed by atoms with Gasteiger partial charge in [-0.25, -0.2) is 0 Å². The zero-order chi connectivity index (χ0) is 23.4. The molecule has 5 rings (SSSR count). The molecule has 0 aliphatic carbocycles. The lowest BCUT2D eigenvalue weighted by Crippen LogP contribution is -2.59. The predicted octanol–water partition coefficient (Wildman–Crippen LogP) is 6.01. The third-order valence-electron chi connectivity index (χ3n) is 6.99. The molecule has 3 heteroatoms. The molecule has 0 spiro atoms. The van der Waals surface area contributed by atoms with Gasteiger partial charge in [0.15, 0.2) is 5.78 Å². The van der Waals surface area contributed by atoms with E-state index in [1.165, 1.54) is 16.8 Å². The van der Waals surface area contributed by atoms with Gasteiger partial charge in [-0.1, -0.05) is 103 Å². The van der Waals surface area contributed by atoms with Gasteiger partial charge in [-0.15, -0.1) is 0 Å². The number of carbonyl (C=O) groups excluding carboxylic acids is 1. The molecule has 0 bridgehead atoms. The molecule has 1 saturated heterocycles. The summed E-state index contributed by atoms with van der Waals surface area (Å²) in [5, 5.41) is 0. The predicted molar refractivity (Wildman–Crippen MR) is 140 cm³/mol. The summed E-state index contributed by atoms with van der Waals surface area (Å²) in [6, 6.07) is 39.8. The first kappa shape index (κ1) is 22.1. The van der Waals surface area contributed by atoms with Gasteiger partial charge < -0.3 is 4.90 Å². The number of benzene rings is 4. The van der Waals surface area contributed by atoms with Gasteiger partial charge in [-0.2, -0.15) is 0 Å². The summed E-state index contributed by atoms with van der Waals surface area (Å²) in [6.45, 7) is 5.10. The fourth-order valence-corrected chi connectivity index (χ4v) is 5.32. The van der Waals surface area contributed by atoms with Gasteiger partial charge >= 0.3 is 0 Å². The highest BCUT2D eigenvalue weighted by Gasteiger charge is 2.45. The molecular weight excluding hydrogens is 416 g/mol. The summed E-state index contributed by atoms with van der Waals surface area (Å²) < 4.78 is 0. The van der Waals surface area contributed by atoms with Crippen LogP contribution >= 0.6 is 0 Å². The molecule has 1 fully saturated rings. The van der Waals surface area contributed by atoms with Gasteiger partial charge in [-0.3, -0.25) is 9.69 Å². The third-order valence-corrected chi connectivity index (χ3v) is 6.99. The van der Waals surface area contributed by atoms with Crippen molar-refractivity contribution in [2.24, 2.45) is 0 Å². The maximum Gasteiger partial charge on any atom is 0.159 e. The Hall–Kier alpha value is -3.69. The molecular formula is C31H30N2O. The van der Waals surface area contributed by atoms with E-state index in [4.69, 9.17) is 0 Å². The van der Waals surface area contributed by atoms with Crippen LogP contribution in [0.4, 0.5) is 5.69 Å². The summed E-state index contributed by atoms with van der Waals surface area (Å²) in [7, 11) is 0. The van der Waals surface area contributed by atoms with Crippen LogP contribution in [0.15, 0.2) is 115 Å². The number of anilines is 1. The van der Waals surface area contributed by atoms with Crippen LogP contribution in [0.5, 0.6) is 0 Å². The highest BCUT2D eigenvalue weighted by molar-refractivity contribution is 5.91. The minimum absolute atomic E-state index is 0.158. The van der Waals surface area contributed by atoms with Gasteiger partial charge in [0.1, 0.15) is 5.54 Å². The number of nitrogens with zero attached hydrogens (tertiary/aromatic N) is 2. The molecule has 0 N–H and O–H groups in total. The normalized spacial score (nSPS) is 14.7. The monoisotopic (exact) mass is 446 g/mol. The van der Waals surface area contributed by atoms with Crippen molar-refractivity contribution in [1.29, 1.82) is 0 Å². The molecule has 0 saturated carbocycles. The maximum atomic E-state index is 13.4. The Morgan fingerprint density at radius 2 is 1.03 bits per heavy atom. The summed E-state index contributed by atoms with van der Waals surface area (Å²) in [5.41, 5.74) is 4.99. The number of ketones is 1. The SMILES string of the molecule is CC(=O)C(c1ccccc1)(c1ccccc1)N1CCN(c2ccc(-c3ccccc3)cc2)CC1. The molecule has 170 valence electrons. The number of piperazine rings is 1.